The summed E-state index contributed by atoms with van der Waals surface area (Å²) in [5.41, 5.74) is 2.30. The number of amides is 2. The van der Waals surface area contributed by atoms with Gasteiger partial charge in [-0.05, 0) is 53.6 Å². The molecule has 0 aliphatic rings. The quantitative estimate of drug-likeness (QED) is 0.377. The lowest BCUT2D eigenvalue weighted by atomic mass is 9.95. The summed E-state index contributed by atoms with van der Waals surface area (Å²) < 4.78 is 24.2. The Morgan fingerprint density at radius 1 is 0.914 bits per heavy atom. The van der Waals surface area contributed by atoms with Gasteiger partial charge in [0.15, 0.2) is 13.2 Å². The van der Waals surface area contributed by atoms with Gasteiger partial charge in [0.25, 0.3) is 11.8 Å². The second-order valence-electron chi connectivity index (χ2n) is 8.89. The molecule has 0 saturated heterocycles. The van der Waals surface area contributed by atoms with Crippen molar-refractivity contribution in [2.24, 2.45) is 0 Å². The summed E-state index contributed by atoms with van der Waals surface area (Å²) in [5.74, 6) is 0.0990. The first-order chi connectivity index (χ1) is 16.5. The lowest BCUT2D eigenvalue weighted by molar-refractivity contribution is -0.124. The first-order valence-corrected chi connectivity index (χ1v) is 12.0. The van der Waals surface area contributed by atoms with Crippen molar-refractivity contribution in [2.45, 2.75) is 52.1 Å². The molecule has 0 aromatic heterocycles. The molecule has 0 spiro atoms. The van der Waals surface area contributed by atoms with E-state index < -0.39 is 17.8 Å². The van der Waals surface area contributed by atoms with Crippen molar-refractivity contribution < 1.29 is 28.6 Å². The van der Waals surface area contributed by atoms with E-state index in [9.17, 15) is 19.1 Å². The van der Waals surface area contributed by atoms with E-state index in [1.807, 2.05) is 12.1 Å². The van der Waals surface area contributed by atoms with Crippen LogP contribution in [0.3, 0.4) is 0 Å². The average Bonchev–Trinajstić information content (AvgIpc) is 2.81. The lowest BCUT2D eigenvalue weighted by Gasteiger charge is -2.16. The molecule has 2 aromatic rings. The monoisotopic (exact) mass is 508 g/mol. The van der Waals surface area contributed by atoms with Crippen LogP contribution in [0, 0.1) is 5.82 Å². The van der Waals surface area contributed by atoms with Crippen molar-refractivity contribution in [1.29, 1.82) is 0 Å². The lowest BCUT2D eigenvalue weighted by Crippen LogP contribution is -2.37. The van der Waals surface area contributed by atoms with Gasteiger partial charge in [0.05, 0.1) is 11.1 Å². The number of rotatable bonds is 13. The fourth-order valence-corrected chi connectivity index (χ4v) is 3.19. The number of carbonyl (C=O) groups excluding carboxylic acids is 2. The minimum Gasteiger partial charge on any atom is -0.484 e. The van der Waals surface area contributed by atoms with E-state index in [2.05, 4.69) is 44.4 Å². The zero-order valence-corrected chi connectivity index (χ0v) is 21.3. The van der Waals surface area contributed by atoms with Crippen LogP contribution in [-0.4, -0.2) is 49.3 Å². The van der Waals surface area contributed by atoms with Crippen molar-refractivity contribution in [3.05, 3.63) is 58.4 Å². The van der Waals surface area contributed by atoms with Crippen LogP contribution in [0.1, 0.15) is 57.1 Å². The first-order valence-electron chi connectivity index (χ1n) is 11.6. The molecule has 0 aliphatic heterocycles. The average molecular weight is 509 g/mol. The Bertz CT molecular complexity index is 973. The zero-order valence-electron chi connectivity index (χ0n) is 20.6. The molecule has 3 N–H and O–H groups in total. The van der Waals surface area contributed by atoms with E-state index in [0.717, 1.165) is 17.2 Å². The van der Waals surface area contributed by atoms with E-state index in [1.165, 1.54) is 12.1 Å². The molecule has 9 heteroatoms. The van der Waals surface area contributed by atoms with E-state index in [0.29, 0.717) is 17.6 Å². The molecule has 192 valence electrons. The molecule has 2 aromatic carbocycles. The van der Waals surface area contributed by atoms with Gasteiger partial charge in [-0.3, -0.25) is 9.59 Å². The van der Waals surface area contributed by atoms with Crippen molar-refractivity contribution in [2.75, 3.05) is 26.3 Å². The second-order valence-corrected chi connectivity index (χ2v) is 9.30. The Hall–Kier alpha value is -2.84. The Morgan fingerprint density at radius 2 is 1.49 bits per heavy atom. The van der Waals surface area contributed by atoms with E-state index in [4.69, 9.17) is 21.1 Å². The first kappa shape index (κ1) is 28.4. The van der Waals surface area contributed by atoms with Crippen molar-refractivity contribution in [3.8, 4) is 11.5 Å². The van der Waals surface area contributed by atoms with Gasteiger partial charge in [0.1, 0.15) is 17.3 Å². The fourth-order valence-electron chi connectivity index (χ4n) is 3.07. The highest BCUT2D eigenvalue weighted by molar-refractivity contribution is 6.30. The zero-order chi connectivity index (χ0) is 26.0. The molecule has 7 nitrogen and oxygen atoms in total. The van der Waals surface area contributed by atoms with E-state index in [-0.39, 0.29) is 49.4 Å². The molecular weight excluding hydrogens is 475 g/mol. The molecule has 0 bridgehead atoms. The molecule has 0 heterocycles. The van der Waals surface area contributed by atoms with Gasteiger partial charge >= 0.3 is 0 Å². The molecule has 2 rings (SSSR count). The van der Waals surface area contributed by atoms with Crippen LogP contribution in [0.4, 0.5) is 4.39 Å². The van der Waals surface area contributed by atoms with Gasteiger partial charge in [0.2, 0.25) is 0 Å². The van der Waals surface area contributed by atoms with Gasteiger partial charge in [0, 0.05) is 19.2 Å². The third kappa shape index (κ3) is 10.1. The summed E-state index contributed by atoms with van der Waals surface area (Å²) in [7, 11) is 0. The Balaban J connectivity index is 1.66. The number of aliphatic hydroxyl groups is 1. The molecule has 0 unspecified atom stereocenters. The second kappa shape index (κ2) is 13.9. The molecule has 35 heavy (non-hydrogen) atoms. The number of halogens is 2. The van der Waals surface area contributed by atoms with Gasteiger partial charge in [-0.2, -0.15) is 0 Å². The van der Waals surface area contributed by atoms with Crippen LogP contribution >= 0.6 is 11.6 Å². The molecule has 0 fully saturated rings. The predicted octanol–water partition coefficient (Wildman–Crippen LogP) is 4.17. The van der Waals surface area contributed by atoms with Gasteiger partial charge in [-0.25, -0.2) is 4.39 Å². The van der Waals surface area contributed by atoms with Crippen LogP contribution < -0.4 is 20.1 Å². The summed E-state index contributed by atoms with van der Waals surface area (Å²) in [6, 6.07) is 9.92. The number of carbonyl (C=O) groups is 2. The molecule has 2 amide bonds. The number of hydrogen-bond donors (Lipinski definition) is 3. The van der Waals surface area contributed by atoms with Crippen LogP contribution in [0.15, 0.2) is 36.4 Å². The maximum atomic E-state index is 13.4. The smallest absolute Gasteiger partial charge is 0.258 e. The highest BCUT2D eigenvalue weighted by Crippen LogP contribution is 2.27. The molecule has 1 atom stereocenters. The number of nitrogens with one attached hydrogen (secondary N) is 2. The maximum absolute atomic E-state index is 13.4. The van der Waals surface area contributed by atoms with Gasteiger partial charge < -0.3 is 25.2 Å². The summed E-state index contributed by atoms with van der Waals surface area (Å²) in [6.45, 7) is 8.17. The van der Waals surface area contributed by atoms with Crippen LogP contribution in [0.2, 0.25) is 5.02 Å². The Morgan fingerprint density at radius 3 is 2.06 bits per heavy atom. The standard InChI is InChI=1S/C26H34ClFN2O5/c1-16(2)18-9-19(17(3)4)11-22(10-18)35-15-26(33)30-13-20(31)7-8-29-25(32)14-34-21-5-6-23(27)24(28)12-21/h5-6,9-12,16-17,20,31H,7-8,13-15H2,1-4H3,(H,29,32)(H,30,33)/t20-/m0/s1. The highest BCUT2D eigenvalue weighted by atomic mass is 35.5. The maximum Gasteiger partial charge on any atom is 0.258 e. The third-order valence-electron chi connectivity index (χ3n) is 5.25. The van der Waals surface area contributed by atoms with Crippen molar-refractivity contribution >= 4 is 23.4 Å². The van der Waals surface area contributed by atoms with E-state index in [1.54, 1.807) is 0 Å². The highest BCUT2D eigenvalue weighted by Gasteiger charge is 2.12. The summed E-state index contributed by atoms with van der Waals surface area (Å²) in [6.07, 6.45) is -0.612. The Kier molecular flexibility index (Phi) is 11.3. The fraction of sp³-hybridized carbons (Fsp3) is 0.462. The molecular formula is C26H34ClFN2O5. The SMILES string of the molecule is CC(C)c1cc(OCC(=O)NC[C@@H](O)CCNC(=O)COc2ccc(Cl)c(F)c2)cc(C(C)C)c1. The molecule has 0 radical (unpaired) electrons. The predicted molar refractivity (Wildman–Crippen MR) is 134 cm³/mol. The number of ether oxygens (including phenoxy) is 2. The van der Waals surface area contributed by atoms with Crippen molar-refractivity contribution in [3.63, 3.8) is 0 Å². The van der Waals surface area contributed by atoms with E-state index >= 15 is 0 Å². The number of benzene rings is 2. The number of hydrogen-bond acceptors (Lipinski definition) is 5. The topological polar surface area (TPSA) is 96.9 Å². The minimum absolute atomic E-state index is 0.0297. The Labute approximate surface area is 211 Å². The summed E-state index contributed by atoms with van der Waals surface area (Å²) >= 11 is 5.60. The van der Waals surface area contributed by atoms with Gasteiger partial charge in [-0.1, -0.05) is 45.4 Å². The summed E-state index contributed by atoms with van der Waals surface area (Å²) in [4.78, 5) is 24.0. The normalized spacial score (nSPS) is 11.9. The largest absolute Gasteiger partial charge is 0.484 e. The summed E-state index contributed by atoms with van der Waals surface area (Å²) in [5, 5.41) is 15.2. The minimum atomic E-state index is -0.845. The van der Waals surface area contributed by atoms with Crippen LogP contribution in [0.5, 0.6) is 11.5 Å². The third-order valence-corrected chi connectivity index (χ3v) is 5.56. The van der Waals surface area contributed by atoms with Crippen molar-refractivity contribution in [1.82, 2.24) is 10.6 Å². The molecule has 0 aliphatic carbocycles. The number of aliphatic hydroxyl groups excluding tert-OH is 1. The van der Waals surface area contributed by atoms with Gasteiger partial charge in [-0.15, -0.1) is 0 Å². The molecule has 0 saturated carbocycles. The van der Waals surface area contributed by atoms with Crippen LogP contribution in [-0.2, 0) is 9.59 Å². The van der Waals surface area contributed by atoms with Crippen LogP contribution in [0.25, 0.3) is 0 Å².